The Hall–Kier alpha value is -1.19. The summed E-state index contributed by atoms with van der Waals surface area (Å²) >= 11 is 0. The van der Waals surface area contributed by atoms with Crippen molar-refractivity contribution in [3.63, 3.8) is 0 Å². The topological polar surface area (TPSA) is 32.3 Å². The van der Waals surface area contributed by atoms with Gasteiger partial charge in [0, 0.05) is 24.6 Å². The number of nitrogens with one attached hydrogen (secondary N) is 1. The van der Waals surface area contributed by atoms with Gasteiger partial charge in [0.15, 0.2) is 0 Å². The number of hydrogen-bond donors (Lipinski definition) is 2. The van der Waals surface area contributed by atoms with Crippen LogP contribution in [0.15, 0.2) is 36.4 Å². The van der Waals surface area contributed by atoms with Crippen molar-refractivity contribution in [2.75, 3.05) is 6.61 Å². The fraction of sp³-hybridized carbons (Fsp3) is 0.467. The second kappa shape index (κ2) is 6.12. The second-order valence-corrected chi connectivity index (χ2v) is 4.85. The van der Waals surface area contributed by atoms with E-state index in [1.54, 1.807) is 0 Å². The Bertz CT molecular complexity index is 401. The minimum Gasteiger partial charge on any atom is -0.396 e. The Morgan fingerprint density at radius 3 is 2.61 bits per heavy atom. The molecule has 2 N–H and O–H groups in total. The summed E-state index contributed by atoms with van der Waals surface area (Å²) in [5, 5.41) is 12.6. The van der Waals surface area contributed by atoms with Crippen LogP contribution in [0.25, 0.3) is 0 Å². The summed E-state index contributed by atoms with van der Waals surface area (Å²) in [5.41, 5.74) is 1.11. The molecule has 0 aliphatic heterocycles. The van der Waals surface area contributed by atoms with Gasteiger partial charge >= 0.3 is 0 Å². The molecule has 1 unspecified atom stereocenters. The van der Waals surface area contributed by atoms with E-state index in [1.165, 1.54) is 12.1 Å². The molecule has 1 aromatic carbocycles. The predicted molar refractivity (Wildman–Crippen MR) is 70.7 cm³/mol. The minimum atomic E-state index is -0.199. The molecule has 2 nitrogen and oxygen atoms in total. The van der Waals surface area contributed by atoms with E-state index in [-0.39, 0.29) is 24.4 Å². The standard InChI is InChI=1S/C15H20FNO/c1-2-15(12-4-6-13(16)7-5-12)17-14-8-3-11(9-14)10-18/h3-8,11,14-15,17-18H,2,9-10H2,1H3/t11-,14+,15?/m0/s1. The molecule has 0 radical (unpaired) electrons. The van der Waals surface area contributed by atoms with Gasteiger partial charge in [-0.05, 0) is 30.5 Å². The van der Waals surface area contributed by atoms with Crippen LogP contribution in [0.3, 0.4) is 0 Å². The zero-order chi connectivity index (χ0) is 13.0. The fourth-order valence-electron chi connectivity index (χ4n) is 2.44. The molecule has 2 rings (SSSR count). The van der Waals surface area contributed by atoms with E-state index in [2.05, 4.69) is 24.4 Å². The van der Waals surface area contributed by atoms with E-state index < -0.39 is 0 Å². The summed E-state index contributed by atoms with van der Waals surface area (Å²) < 4.78 is 12.9. The Morgan fingerprint density at radius 1 is 1.33 bits per heavy atom. The third-order valence-corrected chi connectivity index (χ3v) is 3.50. The molecule has 1 aliphatic rings. The van der Waals surface area contributed by atoms with Crippen molar-refractivity contribution < 1.29 is 9.50 Å². The zero-order valence-electron chi connectivity index (χ0n) is 10.6. The molecule has 0 saturated heterocycles. The number of aliphatic hydroxyl groups is 1. The van der Waals surface area contributed by atoms with Gasteiger partial charge in [0.05, 0.1) is 0 Å². The van der Waals surface area contributed by atoms with Crippen LogP contribution in [0.4, 0.5) is 4.39 Å². The Balaban J connectivity index is 1.98. The van der Waals surface area contributed by atoms with Gasteiger partial charge in [-0.1, -0.05) is 31.2 Å². The highest BCUT2D eigenvalue weighted by Gasteiger charge is 2.20. The van der Waals surface area contributed by atoms with Crippen molar-refractivity contribution in [3.8, 4) is 0 Å². The fourth-order valence-corrected chi connectivity index (χ4v) is 2.44. The van der Waals surface area contributed by atoms with Crippen molar-refractivity contribution in [2.45, 2.75) is 31.8 Å². The lowest BCUT2D eigenvalue weighted by molar-refractivity contribution is 0.244. The molecule has 0 aromatic heterocycles. The van der Waals surface area contributed by atoms with Gasteiger partial charge in [0.25, 0.3) is 0 Å². The van der Waals surface area contributed by atoms with Gasteiger partial charge in [0.2, 0.25) is 0 Å². The molecule has 0 amide bonds. The second-order valence-electron chi connectivity index (χ2n) is 4.85. The molecule has 3 atom stereocenters. The average Bonchev–Trinajstić information content (AvgIpc) is 2.85. The van der Waals surface area contributed by atoms with Crippen LogP contribution in [-0.2, 0) is 0 Å². The van der Waals surface area contributed by atoms with Crippen molar-refractivity contribution in [1.82, 2.24) is 5.32 Å². The molecule has 3 heteroatoms. The average molecular weight is 249 g/mol. The van der Waals surface area contributed by atoms with Gasteiger partial charge in [0.1, 0.15) is 5.82 Å². The molecule has 0 heterocycles. The van der Waals surface area contributed by atoms with Gasteiger partial charge in [-0.25, -0.2) is 4.39 Å². The molecule has 1 aliphatic carbocycles. The highest BCUT2D eigenvalue weighted by molar-refractivity contribution is 5.21. The maximum absolute atomic E-state index is 12.9. The third-order valence-electron chi connectivity index (χ3n) is 3.50. The number of benzene rings is 1. The van der Waals surface area contributed by atoms with Gasteiger partial charge in [-0.3, -0.25) is 0 Å². The molecule has 1 aromatic rings. The summed E-state index contributed by atoms with van der Waals surface area (Å²) in [4.78, 5) is 0. The maximum Gasteiger partial charge on any atom is 0.123 e. The minimum absolute atomic E-state index is 0.199. The van der Waals surface area contributed by atoms with Crippen molar-refractivity contribution >= 4 is 0 Å². The highest BCUT2D eigenvalue weighted by atomic mass is 19.1. The van der Waals surface area contributed by atoms with E-state index in [1.807, 2.05) is 12.1 Å². The molecule has 18 heavy (non-hydrogen) atoms. The first-order valence-corrected chi connectivity index (χ1v) is 6.53. The van der Waals surface area contributed by atoms with E-state index in [0.29, 0.717) is 6.04 Å². The molecular weight excluding hydrogens is 229 g/mol. The predicted octanol–water partition coefficient (Wildman–Crippen LogP) is 2.80. The summed E-state index contributed by atoms with van der Waals surface area (Å²) in [6.45, 7) is 2.32. The van der Waals surface area contributed by atoms with E-state index in [4.69, 9.17) is 5.11 Å². The molecule has 0 spiro atoms. The van der Waals surface area contributed by atoms with Crippen LogP contribution in [-0.4, -0.2) is 17.8 Å². The monoisotopic (exact) mass is 249 g/mol. The van der Waals surface area contributed by atoms with Crippen LogP contribution in [0, 0.1) is 11.7 Å². The van der Waals surface area contributed by atoms with E-state index in [0.717, 1.165) is 18.4 Å². The number of aliphatic hydroxyl groups excluding tert-OH is 1. The van der Waals surface area contributed by atoms with Crippen molar-refractivity contribution in [3.05, 3.63) is 47.8 Å². The van der Waals surface area contributed by atoms with Gasteiger partial charge in [-0.15, -0.1) is 0 Å². The number of halogens is 1. The summed E-state index contributed by atoms with van der Waals surface area (Å²) in [6.07, 6.45) is 6.08. The molecular formula is C15H20FNO. The number of rotatable bonds is 5. The number of hydrogen-bond acceptors (Lipinski definition) is 2. The normalized spacial score (nSPS) is 24.4. The van der Waals surface area contributed by atoms with Crippen LogP contribution >= 0.6 is 0 Å². The first kappa shape index (κ1) is 13.2. The lowest BCUT2D eigenvalue weighted by atomic mass is 10.0. The van der Waals surface area contributed by atoms with Crippen molar-refractivity contribution in [1.29, 1.82) is 0 Å². The van der Waals surface area contributed by atoms with Crippen LogP contribution in [0.1, 0.15) is 31.4 Å². The Morgan fingerprint density at radius 2 is 2.06 bits per heavy atom. The Kier molecular flexibility index (Phi) is 4.50. The van der Waals surface area contributed by atoms with E-state index >= 15 is 0 Å². The largest absolute Gasteiger partial charge is 0.396 e. The molecule has 0 bridgehead atoms. The van der Waals surface area contributed by atoms with Crippen LogP contribution < -0.4 is 5.32 Å². The molecule has 0 saturated carbocycles. The third kappa shape index (κ3) is 3.18. The summed E-state index contributed by atoms with van der Waals surface area (Å²) in [5.74, 6) is 0.0722. The lowest BCUT2D eigenvalue weighted by Crippen LogP contribution is -2.30. The molecule has 0 fully saturated rings. The zero-order valence-corrected chi connectivity index (χ0v) is 10.6. The Labute approximate surface area is 108 Å². The first-order chi connectivity index (χ1) is 8.72. The van der Waals surface area contributed by atoms with E-state index in [9.17, 15) is 4.39 Å². The van der Waals surface area contributed by atoms with Gasteiger partial charge in [-0.2, -0.15) is 0 Å². The van der Waals surface area contributed by atoms with Gasteiger partial charge < -0.3 is 10.4 Å². The highest BCUT2D eigenvalue weighted by Crippen LogP contribution is 2.23. The summed E-state index contributed by atoms with van der Waals surface area (Å²) in [7, 11) is 0. The van der Waals surface area contributed by atoms with Crippen LogP contribution in [0.5, 0.6) is 0 Å². The quantitative estimate of drug-likeness (QED) is 0.786. The SMILES string of the molecule is CCC(N[C@@H]1C=C[C@H](CO)C1)c1ccc(F)cc1. The first-order valence-electron chi connectivity index (χ1n) is 6.53. The molecule has 98 valence electrons. The smallest absolute Gasteiger partial charge is 0.123 e. The van der Waals surface area contributed by atoms with Crippen LogP contribution in [0.2, 0.25) is 0 Å². The lowest BCUT2D eigenvalue weighted by Gasteiger charge is -2.22. The van der Waals surface area contributed by atoms with Crippen molar-refractivity contribution in [2.24, 2.45) is 5.92 Å². The summed E-state index contributed by atoms with van der Waals surface area (Å²) in [6, 6.07) is 7.20. The maximum atomic E-state index is 12.9.